The molecule has 0 bridgehead atoms. The van der Waals surface area contributed by atoms with Gasteiger partial charge in [-0.25, -0.2) is 9.67 Å². The molecule has 1 amide bonds. The van der Waals surface area contributed by atoms with Crippen LogP contribution >= 0.6 is 0 Å². The zero-order valence-corrected chi connectivity index (χ0v) is 18.2. The average molecular weight is 421 g/mol. The van der Waals surface area contributed by atoms with Crippen LogP contribution in [0.25, 0.3) is 22.8 Å². The van der Waals surface area contributed by atoms with Crippen molar-refractivity contribution >= 4 is 11.6 Å². The molecule has 0 N–H and O–H groups in total. The van der Waals surface area contributed by atoms with E-state index in [0.29, 0.717) is 24.6 Å². The summed E-state index contributed by atoms with van der Waals surface area (Å²) in [5, 5.41) is 5.03. The summed E-state index contributed by atoms with van der Waals surface area (Å²) in [5.41, 5.74) is 4.45. The number of anilines is 1. The van der Waals surface area contributed by atoms with Crippen LogP contribution in [0.4, 0.5) is 5.69 Å². The molecule has 1 unspecified atom stereocenters. The molecule has 0 aliphatic carbocycles. The Balaban J connectivity index is 1.61. The van der Waals surface area contributed by atoms with Crippen LogP contribution in [0.3, 0.4) is 0 Å². The fraction of sp³-hybridized carbons (Fsp3) is 0.222. The minimum atomic E-state index is -0.703. The number of hydrogen-bond donors (Lipinski definition) is 0. The number of carbonyl (C=O) groups is 1. The van der Waals surface area contributed by atoms with Crippen LogP contribution in [0.5, 0.6) is 0 Å². The van der Waals surface area contributed by atoms with E-state index in [1.54, 1.807) is 0 Å². The highest BCUT2D eigenvalue weighted by Crippen LogP contribution is 2.51. The van der Waals surface area contributed by atoms with Crippen molar-refractivity contribution in [1.82, 2.24) is 14.8 Å². The maximum absolute atomic E-state index is 13.2. The van der Waals surface area contributed by atoms with E-state index in [1.807, 2.05) is 52.0 Å². The highest BCUT2D eigenvalue weighted by Gasteiger charge is 2.54. The number of fused-ring (bicyclic) bond motifs is 6. The zero-order valence-electron chi connectivity index (χ0n) is 18.2. The second-order valence-electron chi connectivity index (χ2n) is 8.88. The first kappa shape index (κ1) is 19.0. The molecule has 0 saturated carbocycles. The minimum absolute atomic E-state index is 0.116. The molecular weight excluding hydrogens is 396 g/mol. The number of nitrogens with zero attached hydrogens (tertiary/aromatic N) is 4. The highest BCUT2D eigenvalue weighted by atomic mass is 16.2. The Morgan fingerprint density at radius 3 is 2.38 bits per heavy atom. The van der Waals surface area contributed by atoms with Crippen molar-refractivity contribution in [3.8, 4) is 22.8 Å². The van der Waals surface area contributed by atoms with Crippen molar-refractivity contribution in [3.05, 3.63) is 90.0 Å². The Kier molecular flexibility index (Phi) is 4.09. The second kappa shape index (κ2) is 6.89. The summed E-state index contributed by atoms with van der Waals surface area (Å²) in [4.78, 5) is 20.1. The standard InChI is InChI=1S/C27H24N4O/c1-18(2)19-12-14-20(15-13-19)25-28-26-22-10-6-7-11-23(22)30-24(32)16-17-27(30,31(26)29-25)21-8-4-3-5-9-21/h3-15,18H,16-17H2,1-2H3. The summed E-state index contributed by atoms with van der Waals surface area (Å²) in [6, 6.07) is 26.7. The molecule has 3 aromatic carbocycles. The quantitative estimate of drug-likeness (QED) is 0.435. The molecule has 5 heteroatoms. The Morgan fingerprint density at radius 2 is 1.62 bits per heavy atom. The van der Waals surface area contributed by atoms with Gasteiger partial charge in [-0.2, -0.15) is 0 Å². The smallest absolute Gasteiger partial charge is 0.229 e. The van der Waals surface area contributed by atoms with Crippen LogP contribution in [0.15, 0.2) is 78.9 Å². The van der Waals surface area contributed by atoms with E-state index in [9.17, 15) is 4.79 Å². The summed E-state index contributed by atoms with van der Waals surface area (Å²) >= 11 is 0. The van der Waals surface area contributed by atoms with Crippen LogP contribution in [-0.4, -0.2) is 20.7 Å². The van der Waals surface area contributed by atoms with E-state index >= 15 is 0 Å². The first-order valence-corrected chi connectivity index (χ1v) is 11.2. The number of benzene rings is 3. The van der Waals surface area contributed by atoms with Gasteiger partial charge in [0.05, 0.1) is 5.69 Å². The molecule has 1 atom stereocenters. The van der Waals surface area contributed by atoms with Gasteiger partial charge >= 0.3 is 0 Å². The lowest BCUT2D eigenvalue weighted by Crippen LogP contribution is -2.52. The number of aromatic nitrogens is 3. The normalized spacial score (nSPS) is 19.1. The molecule has 1 fully saturated rings. The maximum Gasteiger partial charge on any atom is 0.229 e. The number of carbonyl (C=O) groups excluding carboxylic acids is 1. The van der Waals surface area contributed by atoms with E-state index in [0.717, 1.165) is 28.2 Å². The molecule has 1 saturated heterocycles. The molecule has 0 spiro atoms. The lowest BCUT2D eigenvalue weighted by Gasteiger charge is -2.43. The molecule has 158 valence electrons. The monoisotopic (exact) mass is 420 g/mol. The van der Waals surface area contributed by atoms with Gasteiger partial charge in [0.25, 0.3) is 0 Å². The maximum atomic E-state index is 13.2. The third kappa shape index (κ3) is 2.54. The Hall–Kier alpha value is -3.73. The first-order chi connectivity index (χ1) is 15.6. The van der Waals surface area contributed by atoms with Crippen molar-refractivity contribution in [2.24, 2.45) is 0 Å². The Morgan fingerprint density at radius 1 is 0.906 bits per heavy atom. The lowest BCUT2D eigenvalue weighted by atomic mass is 9.92. The third-order valence-corrected chi connectivity index (χ3v) is 6.72. The fourth-order valence-corrected chi connectivity index (χ4v) is 5.09. The summed E-state index contributed by atoms with van der Waals surface area (Å²) in [7, 11) is 0. The fourth-order valence-electron chi connectivity index (χ4n) is 5.09. The summed E-state index contributed by atoms with van der Waals surface area (Å²) in [5.74, 6) is 2.07. The van der Waals surface area contributed by atoms with E-state index in [-0.39, 0.29) is 5.91 Å². The third-order valence-electron chi connectivity index (χ3n) is 6.72. The Labute approximate surface area is 187 Å². The lowest BCUT2D eigenvalue weighted by molar-refractivity contribution is -0.117. The zero-order chi connectivity index (χ0) is 21.9. The predicted octanol–water partition coefficient (Wildman–Crippen LogP) is 5.58. The van der Waals surface area contributed by atoms with Gasteiger partial charge in [-0.1, -0.05) is 80.6 Å². The van der Waals surface area contributed by atoms with Gasteiger partial charge in [0.2, 0.25) is 5.91 Å². The molecule has 5 nitrogen and oxygen atoms in total. The van der Waals surface area contributed by atoms with Gasteiger partial charge < -0.3 is 0 Å². The van der Waals surface area contributed by atoms with Crippen LogP contribution < -0.4 is 4.90 Å². The van der Waals surface area contributed by atoms with Gasteiger partial charge in [-0.3, -0.25) is 9.69 Å². The predicted molar refractivity (Wildman–Crippen MR) is 125 cm³/mol. The van der Waals surface area contributed by atoms with Crippen molar-refractivity contribution in [1.29, 1.82) is 0 Å². The average Bonchev–Trinajstić information content (AvgIpc) is 3.43. The van der Waals surface area contributed by atoms with Crippen LogP contribution in [0.1, 0.15) is 43.7 Å². The number of hydrogen-bond acceptors (Lipinski definition) is 3. The molecule has 6 rings (SSSR count). The second-order valence-corrected chi connectivity index (χ2v) is 8.88. The van der Waals surface area contributed by atoms with Crippen molar-refractivity contribution in [3.63, 3.8) is 0 Å². The summed E-state index contributed by atoms with van der Waals surface area (Å²) in [6.45, 7) is 4.38. The SMILES string of the molecule is CC(C)c1ccc(-c2nc3n(n2)C2(c4ccccc4)CCC(=O)N2c2ccccc2-3)cc1. The largest absolute Gasteiger partial charge is 0.282 e. The molecule has 2 aliphatic heterocycles. The summed E-state index contributed by atoms with van der Waals surface area (Å²) < 4.78 is 1.99. The Bertz CT molecular complexity index is 1320. The van der Waals surface area contributed by atoms with E-state index in [2.05, 4.69) is 50.2 Å². The molecule has 4 aromatic rings. The number of rotatable bonds is 3. The first-order valence-electron chi connectivity index (χ1n) is 11.2. The van der Waals surface area contributed by atoms with Gasteiger partial charge in [-0.15, -0.1) is 5.10 Å². The van der Waals surface area contributed by atoms with Gasteiger partial charge in [-0.05, 0) is 23.6 Å². The molecule has 32 heavy (non-hydrogen) atoms. The number of amides is 1. The molecule has 0 radical (unpaired) electrons. The highest BCUT2D eigenvalue weighted by molar-refractivity contribution is 6.02. The molecule has 1 aromatic heterocycles. The van der Waals surface area contributed by atoms with E-state index in [1.165, 1.54) is 5.56 Å². The van der Waals surface area contributed by atoms with E-state index in [4.69, 9.17) is 10.1 Å². The minimum Gasteiger partial charge on any atom is -0.282 e. The molecular formula is C27H24N4O. The topological polar surface area (TPSA) is 51.0 Å². The molecule has 2 aliphatic rings. The van der Waals surface area contributed by atoms with Crippen molar-refractivity contribution in [2.75, 3.05) is 4.90 Å². The van der Waals surface area contributed by atoms with Crippen LogP contribution in [-0.2, 0) is 10.5 Å². The van der Waals surface area contributed by atoms with Crippen molar-refractivity contribution < 1.29 is 4.79 Å². The molecule has 3 heterocycles. The summed E-state index contributed by atoms with van der Waals surface area (Å²) in [6.07, 6.45) is 1.13. The van der Waals surface area contributed by atoms with Gasteiger partial charge in [0.15, 0.2) is 17.3 Å². The van der Waals surface area contributed by atoms with Crippen molar-refractivity contribution in [2.45, 2.75) is 38.3 Å². The van der Waals surface area contributed by atoms with Crippen LogP contribution in [0, 0.1) is 0 Å². The van der Waals surface area contributed by atoms with Gasteiger partial charge in [0, 0.05) is 29.5 Å². The number of para-hydroxylation sites is 1. The van der Waals surface area contributed by atoms with Crippen LogP contribution in [0.2, 0.25) is 0 Å². The van der Waals surface area contributed by atoms with E-state index < -0.39 is 5.66 Å². The van der Waals surface area contributed by atoms with Gasteiger partial charge in [0.1, 0.15) is 0 Å².